The predicted octanol–water partition coefficient (Wildman–Crippen LogP) is 0.672. The van der Waals surface area contributed by atoms with Crippen LogP contribution in [0.15, 0.2) is 0 Å². The van der Waals surface area contributed by atoms with E-state index in [-0.39, 0.29) is 18.3 Å². The molecule has 1 aliphatic rings. The number of hydrogen-bond acceptors (Lipinski definition) is 4. The first-order chi connectivity index (χ1) is 8.27. The van der Waals surface area contributed by atoms with Crippen molar-refractivity contribution in [2.24, 2.45) is 0 Å². The zero-order valence-electron chi connectivity index (χ0n) is 11.3. The Morgan fingerprint density at radius 1 is 1.28 bits per heavy atom. The van der Waals surface area contributed by atoms with E-state index >= 15 is 0 Å². The number of carbonyl (C=O) groups is 1. The topological polar surface area (TPSA) is 50.8 Å². The van der Waals surface area contributed by atoms with Crippen LogP contribution in [0.2, 0.25) is 0 Å². The van der Waals surface area contributed by atoms with Crippen molar-refractivity contribution in [1.29, 1.82) is 0 Å². The molecule has 1 atom stereocenters. The minimum Gasteiger partial charge on any atom is -0.383 e. The molecule has 0 aromatic heterocycles. The van der Waals surface area contributed by atoms with Crippen molar-refractivity contribution in [3.8, 4) is 0 Å². The number of hydrogen-bond donors (Lipinski definition) is 1. The zero-order valence-corrected chi connectivity index (χ0v) is 12.1. The minimum absolute atomic E-state index is 0. The third kappa shape index (κ3) is 6.54. The number of rotatable bonds is 8. The lowest BCUT2D eigenvalue weighted by Crippen LogP contribution is -2.39. The van der Waals surface area contributed by atoms with Gasteiger partial charge in [-0.2, -0.15) is 0 Å². The van der Waals surface area contributed by atoms with E-state index < -0.39 is 0 Å². The highest BCUT2D eigenvalue weighted by Crippen LogP contribution is 2.10. The van der Waals surface area contributed by atoms with E-state index in [0.717, 1.165) is 13.0 Å². The van der Waals surface area contributed by atoms with Crippen molar-refractivity contribution >= 4 is 18.3 Å². The van der Waals surface area contributed by atoms with Gasteiger partial charge in [-0.25, -0.2) is 0 Å². The third-order valence-electron chi connectivity index (χ3n) is 3.07. The molecule has 6 heteroatoms. The van der Waals surface area contributed by atoms with Gasteiger partial charge in [-0.3, -0.25) is 4.79 Å². The third-order valence-corrected chi connectivity index (χ3v) is 3.07. The molecule has 108 valence electrons. The van der Waals surface area contributed by atoms with E-state index in [4.69, 9.17) is 9.47 Å². The van der Waals surface area contributed by atoms with Crippen LogP contribution >= 0.6 is 12.4 Å². The molecule has 18 heavy (non-hydrogen) atoms. The van der Waals surface area contributed by atoms with Crippen LogP contribution in [0.5, 0.6) is 0 Å². The van der Waals surface area contributed by atoms with E-state index in [9.17, 15) is 4.79 Å². The maximum atomic E-state index is 12.1. The molecule has 0 saturated carbocycles. The lowest BCUT2D eigenvalue weighted by molar-refractivity contribution is -0.133. The summed E-state index contributed by atoms with van der Waals surface area (Å²) in [7, 11) is 3.30. The van der Waals surface area contributed by atoms with Gasteiger partial charge in [0.05, 0.1) is 13.2 Å². The molecule has 1 rings (SSSR count). The fourth-order valence-electron chi connectivity index (χ4n) is 2.03. The molecule has 0 aromatic carbocycles. The number of halogens is 1. The summed E-state index contributed by atoms with van der Waals surface area (Å²) in [6.07, 6.45) is 2.87. The summed E-state index contributed by atoms with van der Waals surface area (Å²) < 4.78 is 10.0. The molecule has 1 saturated heterocycles. The van der Waals surface area contributed by atoms with Crippen LogP contribution in [0.25, 0.3) is 0 Å². The first-order valence-electron chi connectivity index (χ1n) is 6.27. The van der Waals surface area contributed by atoms with Gasteiger partial charge in [0.25, 0.3) is 0 Å². The maximum absolute atomic E-state index is 12.1. The SMILES string of the molecule is COCCN(CCOC)C(=O)CC1CCCN1.Cl. The first-order valence-corrected chi connectivity index (χ1v) is 6.27. The average molecular weight is 281 g/mol. The van der Waals surface area contributed by atoms with Crippen LogP contribution in [-0.4, -0.2) is 63.9 Å². The molecule has 1 amide bonds. The maximum Gasteiger partial charge on any atom is 0.224 e. The summed E-state index contributed by atoms with van der Waals surface area (Å²) in [5.74, 6) is 0.193. The molecule has 0 spiro atoms. The highest BCUT2D eigenvalue weighted by molar-refractivity contribution is 5.85. The van der Waals surface area contributed by atoms with Crippen LogP contribution in [0, 0.1) is 0 Å². The van der Waals surface area contributed by atoms with Gasteiger partial charge in [-0.15, -0.1) is 12.4 Å². The van der Waals surface area contributed by atoms with Crippen molar-refractivity contribution < 1.29 is 14.3 Å². The quantitative estimate of drug-likeness (QED) is 0.710. The number of methoxy groups -OCH3 is 2. The summed E-state index contributed by atoms with van der Waals surface area (Å²) in [5.41, 5.74) is 0. The van der Waals surface area contributed by atoms with E-state index in [0.29, 0.717) is 38.8 Å². The van der Waals surface area contributed by atoms with Crippen molar-refractivity contribution in [2.45, 2.75) is 25.3 Å². The number of amides is 1. The normalized spacial score (nSPS) is 18.4. The smallest absolute Gasteiger partial charge is 0.224 e. The summed E-state index contributed by atoms with van der Waals surface area (Å²) in [6.45, 7) is 3.48. The zero-order chi connectivity index (χ0) is 12.5. The molecule has 1 aliphatic heterocycles. The second kappa shape index (κ2) is 10.6. The molecule has 1 unspecified atom stereocenters. The van der Waals surface area contributed by atoms with Crippen LogP contribution < -0.4 is 5.32 Å². The molecule has 0 radical (unpaired) electrons. The fourth-order valence-corrected chi connectivity index (χ4v) is 2.03. The molecule has 1 fully saturated rings. The lowest BCUT2D eigenvalue weighted by atomic mass is 10.1. The second-order valence-electron chi connectivity index (χ2n) is 4.36. The van der Waals surface area contributed by atoms with Crippen molar-refractivity contribution in [3.05, 3.63) is 0 Å². The molecule has 1 N–H and O–H groups in total. The van der Waals surface area contributed by atoms with Crippen molar-refractivity contribution in [3.63, 3.8) is 0 Å². The molecular formula is C12H25ClN2O3. The van der Waals surface area contributed by atoms with Gasteiger partial charge in [-0.05, 0) is 19.4 Å². The average Bonchev–Trinajstić information content (AvgIpc) is 2.82. The first kappa shape index (κ1) is 17.6. The van der Waals surface area contributed by atoms with Gasteiger partial charge in [0.2, 0.25) is 5.91 Å². The highest BCUT2D eigenvalue weighted by atomic mass is 35.5. The highest BCUT2D eigenvalue weighted by Gasteiger charge is 2.21. The van der Waals surface area contributed by atoms with Crippen molar-refractivity contribution in [1.82, 2.24) is 10.2 Å². The summed E-state index contributed by atoms with van der Waals surface area (Å²) in [6, 6.07) is 0.357. The van der Waals surface area contributed by atoms with Crippen LogP contribution in [0.1, 0.15) is 19.3 Å². The van der Waals surface area contributed by atoms with Gasteiger partial charge in [0, 0.05) is 39.8 Å². The number of ether oxygens (including phenoxy) is 2. The fraction of sp³-hybridized carbons (Fsp3) is 0.917. The Morgan fingerprint density at radius 2 is 1.89 bits per heavy atom. The summed E-state index contributed by atoms with van der Waals surface area (Å²) in [4.78, 5) is 13.9. The molecule has 1 heterocycles. The largest absolute Gasteiger partial charge is 0.383 e. The summed E-state index contributed by atoms with van der Waals surface area (Å²) in [5, 5.41) is 3.34. The van der Waals surface area contributed by atoms with Crippen LogP contribution in [0.3, 0.4) is 0 Å². The van der Waals surface area contributed by atoms with Gasteiger partial charge < -0.3 is 19.7 Å². The Labute approximate surface area is 116 Å². The van der Waals surface area contributed by atoms with Gasteiger partial charge >= 0.3 is 0 Å². The predicted molar refractivity (Wildman–Crippen MR) is 73.2 cm³/mol. The molecule has 5 nitrogen and oxygen atoms in total. The minimum atomic E-state index is 0. The van der Waals surface area contributed by atoms with Crippen molar-refractivity contribution in [2.75, 3.05) is 47.1 Å². The van der Waals surface area contributed by atoms with E-state index in [1.807, 2.05) is 4.90 Å². The monoisotopic (exact) mass is 280 g/mol. The molecule has 0 aliphatic carbocycles. The molecule has 0 aromatic rings. The van der Waals surface area contributed by atoms with Gasteiger partial charge in [0.15, 0.2) is 0 Å². The van der Waals surface area contributed by atoms with Gasteiger partial charge in [-0.1, -0.05) is 0 Å². The van der Waals surface area contributed by atoms with Gasteiger partial charge in [0.1, 0.15) is 0 Å². The second-order valence-corrected chi connectivity index (χ2v) is 4.36. The number of carbonyl (C=O) groups excluding carboxylic acids is 1. The Morgan fingerprint density at radius 3 is 2.33 bits per heavy atom. The Kier molecular flexibility index (Phi) is 10.3. The molecule has 0 bridgehead atoms. The van der Waals surface area contributed by atoms with E-state index in [1.165, 1.54) is 6.42 Å². The number of nitrogens with one attached hydrogen (secondary N) is 1. The Balaban J connectivity index is 0.00000289. The summed E-state index contributed by atoms with van der Waals surface area (Å²) >= 11 is 0. The molecular weight excluding hydrogens is 256 g/mol. The number of nitrogens with zero attached hydrogens (tertiary/aromatic N) is 1. The van der Waals surface area contributed by atoms with Crippen LogP contribution in [-0.2, 0) is 14.3 Å². The lowest BCUT2D eigenvalue weighted by Gasteiger charge is -2.23. The van der Waals surface area contributed by atoms with E-state index in [1.54, 1.807) is 14.2 Å². The standard InChI is InChI=1S/C12H24N2O3.ClH/c1-16-8-6-14(7-9-17-2)12(15)10-11-4-3-5-13-11;/h11,13H,3-10H2,1-2H3;1H. The Bertz CT molecular complexity index is 215. The van der Waals surface area contributed by atoms with Crippen LogP contribution in [0.4, 0.5) is 0 Å². The Hall–Kier alpha value is -0.360. The van der Waals surface area contributed by atoms with E-state index in [2.05, 4.69) is 5.32 Å².